The van der Waals surface area contributed by atoms with Crippen molar-refractivity contribution in [2.75, 3.05) is 38.5 Å². The molecule has 2 aromatic rings. The van der Waals surface area contributed by atoms with Gasteiger partial charge in [0.25, 0.3) is 5.91 Å². The molecular formula is C23H31N3O2S. The van der Waals surface area contributed by atoms with E-state index in [2.05, 4.69) is 29.7 Å². The summed E-state index contributed by atoms with van der Waals surface area (Å²) in [5.41, 5.74) is 6.96. The van der Waals surface area contributed by atoms with E-state index in [0.717, 1.165) is 55.5 Å². The van der Waals surface area contributed by atoms with Gasteiger partial charge < -0.3 is 15.4 Å². The standard InChI is InChI=1S/C23H31N3O2S/c24-18(16-29)14-25-11-12-26(15-19(25)10-13-28-20-8-9-20)23(27)22-7-3-5-17-4-1-2-6-21(17)22/h1-7,18-20,29H,8-16,24H2/t18-,19+/m1/s1. The number of benzene rings is 2. The lowest BCUT2D eigenvalue weighted by molar-refractivity contribution is 0.0316. The van der Waals surface area contributed by atoms with Crippen LogP contribution in [0.25, 0.3) is 10.8 Å². The van der Waals surface area contributed by atoms with Gasteiger partial charge in [-0.2, -0.15) is 12.6 Å². The maximum Gasteiger partial charge on any atom is 0.254 e. The smallest absolute Gasteiger partial charge is 0.254 e. The number of hydrogen-bond acceptors (Lipinski definition) is 5. The average Bonchev–Trinajstić information content (AvgIpc) is 3.58. The number of carbonyl (C=O) groups excluding carboxylic acids is 1. The van der Waals surface area contributed by atoms with Crippen molar-refractivity contribution in [1.82, 2.24) is 9.80 Å². The Balaban J connectivity index is 1.47. The summed E-state index contributed by atoms with van der Waals surface area (Å²) in [5.74, 6) is 0.786. The summed E-state index contributed by atoms with van der Waals surface area (Å²) >= 11 is 4.34. The fourth-order valence-electron chi connectivity index (χ4n) is 4.14. The molecule has 4 rings (SSSR count). The predicted molar refractivity (Wildman–Crippen MR) is 121 cm³/mol. The van der Waals surface area contributed by atoms with Crippen LogP contribution < -0.4 is 5.73 Å². The number of ether oxygens (including phenoxy) is 1. The first-order chi connectivity index (χ1) is 14.2. The number of thiol groups is 1. The van der Waals surface area contributed by atoms with Crippen LogP contribution in [0.1, 0.15) is 29.6 Å². The maximum absolute atomic E-state index is 13.4. The molecule has 2 aliphatic rings. The van der Waals surface area contributed by atoms with Gasteiger partial charge in [-0.3, -0.25) is 9.69 Å². The Hall–Kier alpha value is -1.60. The number of nitrogens with zero attached hydrogens (tertiary/aromatic N) is 2. The van der Waals surface area contributed by atoms with Crippen molar-refractivity contribution in [2.45, 2.75) is 37.5 Å². The zero-order valence-corrected chi connectivity index (χ0v) is 17.8. The molecule has 2 atom stereocenters. The number of hydrogen-bond donors (Lipinski definition) is 2. The Morgan fingerprint density at radius 3 is 2.76 bits per heavy atom. The highest BCUT2D eigenvalue weighted by molar-refractivity contribution is 7.80. The quantitative estimate of drug-likeness (QED) is 0.654. The van der Waals surface area contributed by atoms with E-state index in [1.54, 1.807) is 0 Å². The van der Waals surface area contributed by atoms with E-state index in [-0.39, 0.29) is 18.0 Å². The third-order valence-corrected chi connectivity index (χ3v) is 6.41. The van der Waals surface area contributed by atoms with Gasteiger partial charge in [-0.25, -0.2) is 0 Å². The van der Waals surface area contributed by atoms with Crippen LogP contribution in [0.2, 0.25) is 0 Å². The highest BCUT2D eigenvalue weighted by Gasteiger charge is 2.31. The molecule has 1 amide bonds. The van der Waals surface area contributed by atoms with Crippen LogP contribution in [-0.2, 0) is 4.74 Å². The fourth-order valence-corrected chi connectivity index (χ4v) is 4.25. The van der Waals surface area contributed by atoms with Crippen molar-refractivity contribution >= 4 is 29.3 Å². The molecule has 2 fully saturated rings. The topological polar surface area (TPSA) is 58.8 Å². The van der Waals surface area contributed by atoms with E-state index >= 15 is 0 Å². The van der Waals surface area contributed by atoms with E-state index in [9.17, 15) is 4.79 Å². The van der Waals surface area contributed by atoms with Gasteiger partial charge in [-0.1, -0.05) is 36.4 Å². The molecule has 1 aliphatic heterocycles. The van der Waals surface area contributed by atoms with Crippen molar-refractivity contribution in [1.29, 1.82) is 0 Å². The average molecular weight is 414 g/mol. The molecule has 1 heterocycles. The van der Waals surface area contributed by atoms with Gasteiger partial charge in [0.2, 0.25) is 0 Å². The van der Waals surface area contributed by atoms with Gasteiger partial charge in [-0.15, -0.1) is 0 Å². The molecule has 0 bridgehead atoms. The van der Waals surface area contributed by atoms with Crippen LogP contribution in [0.5, 0.6) is 0 Å². The second kappa shape index (κ2) is 9.47. The van der Waals surface area contributed by atoms with Gasteiger partial charge in [0.05, 0.1) is 6.10 Å². The zero-order valence-electron chi connectivity index (χ0n) is 16.9. The van der Waals surface area contributed by atoms with E-state index in [4.69, 9.17) is 10.5 Å². The largest absolute Gasteiger partial charge is 0.378 e. The van der Waals surface area contributed by atoms with Gasteiger partial charge in [0, 0.05) is 56.2 Å². The monoisotopic (exact) mass is 413 g/mol. The van der Waals surface area contributed by atoms with E-state index in [1.807, 2.05) is 35.2 Å². The van der Waals surface area contributed by atoms with Crippen molar-refractivity contribution < 1.29 is 9.53 Å². The number of rotatable bonds is 8. The molecule has 2 aromatic carbocycles. The molecule has 5 nitrogen and oxygen atoms in total. The van der Waals surface area contributed by atoms with Crippen LogP contribution >= 0.6 is 12.6 Å². The van der Waals surface area contributed by atoms with Crippen LogP contribution in [0, 0.1) is 0 Å². The molecular weight excluding hydrogens is 382 g/mol. The van der Waals surface area contributed by atoms with Crippen LogP contribution in [0.4, 0.5) is 0 Å². The highest BCUT2D eigenvalue weighted by Crippen LogP contribution is 2.25. The number of amides is 1. The van der Waals surface area contributed by atoms with Gasteiger partial charge in [-0.05, 0) is 36.1 Å². The first-order valence-electron chi connectivity index (χ1n) is 10.6. The lowest BCUT2D eigenvalue weighted by Gasteiger charge is -2.42. The van der Waals surface area contributed by atoms with Gasteiger partial charge in [0.1, 0.15) is 0 Å². The summed E-state index contributed by atoms with van der Waals surface area (Å²) in [6.07, 6.45) is 3.75. The molecule has 0 aromatic heterocycles. The number of nitrogens with two attached hydrogens (primary N) is 1. The van der Waals surface area contributed by atoms with Crippen molar-refractivity contribution in [3.63, 3.8) is 0 Å². The van der Waals surface area contributed by atoms with Crippen LogP contribution in [0.15, 0.2) is 42.5 Å². The van der Waals surface area contributed by atoms with Gasteiger partial charge >= 0.3 is 0 Å². The molecule has 1 aliphatic carbocycles. The lowest BCUT2D eigenvalue weighted by atomic mass is 10.0. The van der Waals surface area contributed by atoms with Crippen molar-refractivity contribution in [2.24, 2.45) is 5.73 Å². The summed E-state index contributed by atoms with van der Waals surface area (Å²) in [4.78, 5) is 17.8. The number of piperazine rings is 1. The molecule has 29 heavy (non-hydrogen) atoms. The molecule has 0 spiro atoms. The molecule has 0 radical (unpaired) electrons. The second-order valence-corrected chi connectivity index (χ2v) is 8.59. The first-order valence-corrected chi connectivity index (χ1v) is 11.3. The van der Waals surface area contributed by atoms with Crippen LogP contribution in [0.3, 0.4) is 0 Å². The molecule has 1 saturated heterocycles. The van der Waals surface area contributed by atoms with Crippen molar-refractivity contribution in [3.05, 3.63) is 48.0 Å². The summed E-state index contributed by atoms with van der Waals surface area (Å²) in [6, 6.07) is 14.4. The predicted octanol–water partition coefficient (Wildman–Crippen LogP) is 2.79. The summed E-state index contributed by atoms with van der Waals surface area (Å²) in [5, 5.41) is 2.12. The summed E-state index contributed by atoms with van der Waals surface area (Å²) in [6.45, 7) is 3.84. The minimum Gasteiger partial charge on any atom is -0.378 e. The molecule has 1 saturated carbocycles. The number of carbonyl (C=O) groups is 1. The Kier molecular flexibility index (Phi) is 6.75. The highest BCUT2D eigenvalue weighted by atomic mass is 32.1. The lowest BCUT2D eigenvalue weighted by Crippen LogP contribution is -2.57. The van der Waals surface area contributed by atoms with Crippen LogP contribution in [-0.4, -0.2) is 72.4 Å². The second-order valence-electron chi connectivity index (χ2n) is 8.23. The zero-order chi connectivity index (χ0) is 20.2. The Morgan fingerprint density at radius 1 is 1.17 bits per heavy atom. The summed E-state index contributed by atoms with van der Waals surface area (Å²) < 4.78 is 5.90. The fraction of sp³-hybridized carbons (Fsp3) is 0.522. The third kappa shape index (κ3) is 5.12. The summed E-state index contributed by atoms with van der Waals surface area (Å²) in [7, 11) is 0. The normalized spacial score (nSPS) is 21.4. The molecule has 0 unspecified atom stereocenters. The van der Waals surface area contributed by atoms with E-state index < -0.39 is 0 Å². The Morgan fingerprint density at radius 2 is 1.97 bits per heavy atom. The van der Waals surface area contributed by atoms with E-state index in [1.165, 1.54) is 12.8 Å². The Labute approximate surface area is 178 Å². The minimum atomic E-state index is 0.0468. The van der Waals surface area contributed by atoms with Crippen molar-refractivity contribution in [3.8, 4) is 0 Å². The maximum atomic E-state index is 13.4. The SMILES string of the molecule is N[C@@H](CS)CN1CCN(C(=O)c2cccc3ccccc23)C[C@@H]1CCOC1CC1. The first kappa shape index (κ1) is 20.7. The van der Waals surface area contributed by atoms with E-state index in [0.29, 0.717) is 11.9 Å². The third-order valence-electron chi connectivity index (χ3n) is 5.94. The number of fused-ring (bicyclic) bond motifs is 1. The van der Waals surface area contributed by atoms with Gasteiger partial charge in [0.15, 0.2) is 0 Å². The Bertz CT molecular complexity index is 836. The molecule has 2 N–H and O–H groups in total. The minimum absolute atomic E-state index is 0.0468. The molecule has 156 valence electrons. The molecule has 6 heteroatoms.